The van der Waals surface area contributed by atoms with Gasteiger partial charge >= 0.3 is 0 Å². The van der Waals surface area contributed by atoms with Gasteiger partial charge < -0.3 is 14.4 Å². The first kappa shape index (κ1) is 15.0. The summed E-state index contributed by atoms with van der Waals surface area (Å²) in [5, 5.41) is 10.9. The molecule has 0 amide bonds. The molecule has 2 aliphatic rings. The standard InChI is InChI=1S/C17H28N2O2/c1-13(2)19-12-18-11-15(19)16(20)14-6-9-21-17(10-14)7-4-3-5-8-17/h11-14,16,20H,3-10H2,1-2H3. The van der Waals surface area contributed by atoms with E-state index in [4.69, 9.17) is 4.74 Å². The molecule has 1 saturated carbocycles. The van der Waals surface area contributed by atoms with Gasteiger partial charge in [0.1, 0.15) is 0 Å². The molecule has 1 N–H and O–H groups in total. The topological polar surface area (TPSA) is 47.3 Å². The Kier molecular flexibility index (Phi) is 4.36. The third-order valence-corrected chi connectivity index (χ3v) is 5.30. The van der Waals surface area contributed by atoms with Crippen LogP contribution in [-0.4, -0.2) is 26.9 Å². The number of rotatable bonds is 3. The summed E-state index contributed by atoms with van der Waals surface area (Å²) in [5.41, 5.74) is 1.01. The Labute approximate surface area is 127 Å². The molecule has 118 valence electrons. The predicted octanol–water partition coefficient (Wildman–Crippen LogP) is 3.63. The lowest BCUT2D eigenvalue weighted by Crippen LogP contribution is -2.43. The van der Waals surface area contributed by atoms with Crippen LogP contribution in [0.4, 0.5) is 0 Å². The van der Waals surface area contributed by atoms with Crippen LogP contribution in [0.2, 0.25) is 0 Å². The van der Waals surface area contributed by atoms with Gasteiger partial charge in [0.05, 0.1) is 29.9 Å². The van der Waals surface area contributed by atoms with Gasteiger partial charge in [-0.15, -0.1) is 0 Å². The smallest absolute Gasteiger partial charge is 0.0985 e. The van der Waals surface area contributed by atoms with Crippen molar-refractivity contribution >= 4 is 0 Å². The molecule has 0 radical (unpaired) electrons. The minimum atomic E-state index is -0.419. The third-order valence-electron chi connectivity index (χ3n) is 5.30. The minimum Gasteiger partial charge on any atom is -0.387 e. The van der Waals surface area contributed by atoms with Gasteiger partial charge in [-0.25, -0.2) is 4.98 Å². The molecule has 1 spiro atoms. The maximum absolute atomic E-state index is 10.9. The second-order valence-corrected chi connectivity index (χ2v) is 7.11. The predicted molar refractivity (Wildman–Crippen MR) is 82.1 cm³/mol. The fourth-order valence-corrected chi connectivity index (χ4v) is 4.10. The molecule has 1 saturated heterocycles. The van der Waals surface area contributed by atoms with Crippen molar-refractivity contribution in [1.29, 1.82) is 0 Å². The number of ether oxygens (including phenoxy) is 1. The van der Waals surface area contributed by atoms with Crippen molar-refractivity contribution in [3.8, 4) is 0 Å². The van der Waals surface area contributed by atoms with Crippen molar-refractivity contribution in [1.82, 2.24) is 9.55 Å². The summed E-state index contributed by atoms with van der Waals surface area (Å²) in [6, 6.07) is 0.334. The van der Waals surface area contributed by atoms with Gasteiger partial charge in [-0.3, -0.25) is 0 Å². The summed E-state index contributed by atoms with van der Waals surface area (Å²) in [6.07, 6.45) is 11.4. The molecule has 2 atom stereocenters. The number of hydrogen-bond donors (Lipinski definition) is 1. The van der Waals surface area contributed by atoms with Crippen LogP contribution in [0.15, 0.2) is 12.5 Å². The molecule has 0 bridgehead atoms. The summed E-state index contributed by atoms with van der Waals surface area (Å²) >= 11 is 0. The Morgan fingerprint density at radius 3 is 2.81 bits per heavy atom. The van der Waals surface area contributed by atoms with Gasteiger partial charge in [0.25, 0.3) is 0 Å². The van der Waals surface area contributed by atoms with Crippen molar-refractivity contribution in [3.05, 3.63) is 18.2 Å². The molecular formula is C17H28N2O2. The molecule has 3 rings (SSSR count). The van der Waals surface area contributed by atoms with E-state index in [2.05, 4.69) is 23.4 Å². The van der Waals surface area contributed by atoms with Crippen LogP contribution in [-0.2, 0) is 4.74 Å². The lowest BCUT2D eigenvalue weighted by molar-refractivity contribution is -0.134. The number of nitrogens with zero attached hydrogens (tertiary/aromatic N) is 2. The first-order valence-corrected chi connectivity index (χ1v) is 8.45. The zero-order chi connectivity index (χ0) is 14.9. The van der Waals surface area contributed by atoms with E-state index in [9.17, 15) is 5.11 Å². The Balaban J connectivity index is 1.74. The molecule has 21 heavy (non-hydrogen) atoms. The average Bonchev–Trinajstić information content (AvgIpc) is 2.97. The number of aromatic nitrogens is 2. The molecule has 1 aliphatic heterocycles. The molecular weight excluding hydrogens is 264 g/mol. The lowest BCUT2D eigenvalue weighted by Gasteiger charge is -2.44. The highest BCUT2D eigenvalue weighted by Gasteiger charge is 2.41. The highest BCUT2D eigenvalue weighted by molar-refractivity contribution is 5.07. The summed E-state index contributed by atoms with van der Waals surface area (Å²) in [5.74, 6) is 0.297. The molecule has 4 nitrogen and oxygen atoms in total. The van der Waals surface area contributed by atoms with E-state index in [1.807, 2.05) is 12.5 Å². The zero-order valence-electron chi connectivity index (χ0n) is 13.3. The van der Waals surface area contributed by atoms with Crippen LogP contribution in [0.1, 0.15) is 76.6 Å². The van der Waals surface area contributed by atoms with Crippen molar-refractivity contribution in [3.63, 3.8) is 0 Å². The molecule has 4 heteroatoms. The zero-order valence-corrected chi connectivity index (χ0v) is 13.3. The van der Waals surface area contributed by atoms with Gasteiger partial charge in [-0.05, 0) is 45.4 Å². The molecule has 2 heterocycles. The first-order valence-electron chi connectivity index (χ1n) is 8.45. The van der Waals surface area contributed by atoms with Gasteiger partial charge in [-0.2, -0.15) is 0 Å². The number of imidazole rings is 1. The molecule has 2 fully saturated rings. The van der Waals surface area contributed by atoms with E-state index in [0.717, 1.165) is 25.1 Å². The van der Waals surface area contributed by atoms with Crippen LogP contribution in [0.3, 0.4) is 0 Å². The van der Waals surface area contributed by atoms with Crippen molar-refractivity contribution in [2.75, 3.05) is 6.61 Å². The van der Waals surface area contributed by atoms with Gasteiger partial charge in [-0.1, -0.05) is 19.3 Å². The van der Waals surface area contributed by atoms with E-state index in [1.165, 1.54) is 32.1 Å². The van der Waals surface area contributed by atoms with Crippen LogP contribution >= 0.6 is 0 Å². The van der Waals surface area contributed by atoms with Crippen LogP contribution in [0, 0.1) is 5.92 Å². The second kappa shape index (κ2) is 6.09. The maximum atomic E-state index is 10.9. The van der Waals surface area contributed by atoms with Crippen molar-refractivity contribution in [2.24, 2.45) is 5.92 Å². The number of aliphatic hydroxyl groups excluding tert-OH is 1. The minimum absolute atomic E-state index is 0.0465. The third kappa shape index (κ3) is 3.02. The highest BCUT2D eigenvalue weighted by atomic mass is 16.5. The molecule has 1 aromatic rings. The molecule has 2 unspecified atom stereocenters. The number of aliphatic hydroxyl groups is 1. The van der Waals surface area contributed by atoms with Crippen molar-refractivity contribution < 1.29 is 9.84 Å². The van der Waals surface area contributed by atoms with Gasteiger partial charge in [0.15, 0.2) is 0 Å². The molecule has 1 aromatic heterocycles. The van der Waals surface area contributed by atoms with Crippen LogP contribution in [0.5, 0.6) is 0 Å². The summed E-state index contributed by atoms with van der Waals surface area (Å²) < 4.78 is 8.24. The molecule has 0 aromatic carbocycles. The monoisotopic (exact) mass is 292 g/mol. The largest absolute Gasteiger partial charge is 0.387 e. The second-order valence-electron chi connectivity index (χ2n) is 7.11. The fourth-order valence-electron chi connectivity index (χ4n) is 4.10. The Morgan fingerprint density at radius 1 is 1.33 bits per heavy atom. The quantitative estimate of drug-likeness (QED) is 0.925. The van der Waals surface area contributed by atoms with E-state index in [1.54, 1.807) is 0 Å². The maximum Gasteiger partial charge on any atom is 0.0985 e. The summed E-state index contributed by atoms with van der Waals surface area (Å²) in [7, 11) is 0. The summed E-state index contributed by atoms with van der Waals surface area (Å²) in [6.45, 7) is 5.05. The van der Waals surface area contributed by atoms with Crippen LogP contribution < -0.4 is 0 Å². The highest BCUT2D eigenvalue weighted by Crippen LogP contribution is 2.44. The normalized spacial score (nSPS) is 27.1. The SMILES string of the molecule is CC(C)n1cncc1C(O)C1CCOC2(CCCCC2)C1. The summed E-state index contributed by atoms with van der Waals surface area (Å²) in [4.78, 5) is 4.24. The Morgan fingerprint density at radius 2 is 2.10 bits per heavy atom. The fraction of sp³-hybridized carbons (Fsp3) is 0.824. The van der Waals surface area contributed by atoms with Crippen LogP contribution in [0.25, 0.3) is 0 Å². The number of hydrogen-bond acceptors (Lipinski definition) is 3. The van der Waals surface area contributed by atoms with Crippen molar-refractivity contribution in [2.45, 2.75) is 76.5 Å². The Bertz CT molecular complexity index is 458. The van der Waals surface area contributed by atoms with E-state index in [-0.39, 0.29) is 5.60 Å². The van der Waals surface area contributed by atoms with Gasteiger partial charge in [0.2, 0.25) is 0 Å². The van der Waals surface area contributed by atoms with Gasteiger partial charge in [0, 0.05) is 12.6 Å². The lowest BCUT2D eigenvalue weighted by atomic mass is 9.74. The first-order chi connectivity index (χ1) is 10.1. The van der Waals surface area contributed by atoms with E-state index >= 15 is 0 Å². The van der Waals surface area contributed by atoms with E-state index in [0.29, 0.717) is 12.0 Å². The van der Waals surface area contributed by atoms with E-state index < -0.39 is 6.10 Å². The molecule has 1 aliphatic carbocycles. The average molecular weight is 292 g/mol. The Hall–Kier alpha value is -0.870.